The van der Waals surface area contributed by atoms with Crippen molar-refractivity contribution in [3.05, 3.63) is 0 Å². The van der Waals surface area contributed by atoms with Crippen LogP contribution in [0.1, 0.15) is 46.5 Å². The molecule has 1 aliphatic rings. The van der Waals surface area contributed by atoms with E-state index in [-0.39, 0.29) is 25.1 Å². The standard InChI is InChI=1S/C16H28N2O6/c1-16(2,3)24-15(22)17-12-7-5-6-11(8-9-19)18(14(12)21)10-13(20)23-4/h11-12,19H,5-10H2,1-4H3,(H,17,22)/t11-,12+/m1/s1. The molecule has 8 nitrogen and oxygen atoms in total. The van der Waals surface area contributed by atoms with Crippen molar-refractivity contribution >= 4 is 18.0 Å². The number of nitrogens with zero attached hydrogens (tertiary/aromatic N) is 1. The van der Waals surface area contributed by atoms with E-state index in [0.717, 1.165) is 0 Å². The molecule has 0 aromatic heterocycles. The summed E-state index contributed by atoms with van der Waals surface area (Å²) in [6.45, 7) is 4.93. The summed E-state index contributed by atoms with van der Waals surface area (Å²) >= 11 is 0. The molecule has 0 aromatic rings. The van der Waals surface area contributed by atoms with E-state index in [0.29, 0.717) is 25.7 Å². The second-order valence-corrected chi connectivity index (χ2v) is 6.84. The number of carbonyl (C=O) groups excluding carboxylic acids is 3. The predicted molar refractivity (Wildman–Crippen MR) is 86.2 cm³/mol. The molecule has 0 aliphatic carbocycles. The Kier molecular flexibility index (Phi) is 7.47. The minimum Gasteiger partial charge on any atom is -0.468 e. The lowest BCUT2D eigenvalue weighted by atomic mass is 10.1. The predicted octanol–water partition coefficient (Wildman–Crippen LogP) is 0.816. The molecule has 1 saturated heterocycles. The molecule has 1 heterocycles. The normalized spacial score (nSPS) is 21.9. The second kappa shape index (κ2) is 8.86. The number of likely N-dealkylation sites (tertiary alicyclic amines) is 1. The van der Waals surface area contributed by atoms with Crippen LogP contribution in [0.25, 0.3) is 0 Å². The lowest BCUT2D eigenvalue weighted by Gasteiger charge is -2.31. The summed E-state index contributed by atoms with van der Waals surface area (Å²) < 4.78 is 9.83. The Bertz CT molecular complexity index is 460. The Morgan fingerprint density at radius 2 is 2.00 bits per heavy atom. The van der Waals surface area contributed by atoms with Crippen molar-refractivity contribution < 1.29 is 29.0 Å². The molecule has 2 N–H and O–H groups in total. The number of ether oxygens (including phenoxy) is 2. The average molecular weight is 344 g/mol. The molecule has 1 fully saturated rings. The van der Waals surface area contributed by atoms with E-state index in [9.17, 15) is 19.5 Å². The van der Waals surface area contributed by atoms with Crippen LogP contribution in [-0.2, 0) is 19.1 Å². The fraction of sp³-hybridized carbons (Fsp3) is 0.812. The van der Waals surface area contributed by atoms with E-state index in [4.69, 9.17) is 4.74 Å². The Labute approximate surface area is 142 Å². The molecule has 0 unspecified atom stereocenters. The largest absolute Gasteiger partial charge is 0.468 e. The summed E-state index contributed by atoms with van der Waals surface area (Å²) in [6, 6.07) is -1.01. The van der Waals surface area contributed by atoms with Gasteiger partial charge in [0.15, 0.2) is 0 Å². The maximum absolute atomic E-state index is 12.7. The van der Waals surface area contributed by atoms with Crippen molar-refractivity contribution in [3.63, 3.8) is 0 Å². The maximum Gasteiger partial charge on any atom is 0.408 e. The number of rotatable bonds is 5. The number of nitrogens with one attached hydrogen (secondary N) is 1. The maximum atomic E-state index is 12.7. The summed E-state index contributed by atoms with van der Waals surface area (Å²) in [6.07, 6.45) is 1.50. The zero-order chi connectivity index (χ0) is 18.3. The van der Waals surface area contributed by atoms with Gasteiger partial charge in [0.1, 0.15) is 18.2 Å². The minimum absolute atomic E-state index is 0.0836. The molecule has 0 saturated carbocycles. The van der Waals surface area contributed by atoms with Gasteiger partial charge >= 0.3 is 12.1 Å². The molecule has 0 radical (unpaired) electrons. The zero-order valence-corrected chi connectivity index (χ0v) is 14.8. The lowest BCUT2D eigenvalue weighted by molar-refractivity contribution is -0.149. The number of carbonyl (C=O) groups is 3. The van der Waals surface area contributed by atoms with Crippen molar-refractivity contribution in [2.75, 3.05) is 20.3 Å². The summed E-state index contributed by atoms with van der Waals surface area (Å²) in [5.74, 6) is -0.897. The highest BCUT2D eigenvalue weighted by Crippen LogP contribution is 2.21. The number of hydrogen-bond donors (Lipinski definition) is 2. The van der Waals surface area contributed by atoms with Gasteiger partial charge in [-0.2, -0.15) is 0 Å². The Morgan fingerprint density at radius 1 is 1.33 bits per heavy atom. The topological polar surface area (TPSA) is 105 Å². The van der Waals surface area contributed by atoms with Gasteiger partial charge in [0.2, 0.25) is 5.91 Å². The van der Waals surface area contributed by atoms with Crippen LogP contribution >= 0.6 is 0 Å². The number of aliphatic hydroxyl groups excluding tert-OH is 1. The van der Waals surface area contributed by atoms with E-state index >= 15 is 0 Å². The highest BCUT2D eigenvalue weighted by Gasteiger charge is 2.35. The van der Waals surface area contributed by atoms with Crippen molar-refractivity contribution in [2.24, 2.45) is 0 Å². The third-order valence-electron chi connectivity index (χ3n) is 3.73. The first-order chi connectivity index (χ1) is 11.2. The van der Waals surface area contributed by atoms with E-state index in [1.807, 2.05) is 0 Å². The van der Waals surface area contributed by atoms with Crippen LogP contribution in [0.2, 0.25) is 0 Å². The molecule has 2 atom stereocenters. The number of amides is 2. The van der Waals surface area contributed by atoms with Crippen molar-refractivity contribution in [1.29, 1.82) is 0 Å². The summed E-state index contributed by atoms with van der Waals surface area (Å²) in [7, 11) is 1.25. The first kappa shape index (κ1) is 20.2. The molecule has 2 amide bonds. The molecular formula is C16H28N2O6. The minimum atomic E-state index is -0.756. The Hall–Kier alpha value is -1.83. The molecule has 24 heavy (non-hydrogen) atoms. The lowest BCUT2D eigenvalue weighted by Crippen LogP contribution is -2.52. The Morgan fingerprint density at radius 3 is 2.54 bits per heavy atom. The van der Waals surface area contributed by atoms with Gasteiger partial charge in [-0.15, -0.1) is 0 Å². The van der Waals surface area contributed by atoms with Gasteiger partial charge in [0, 0.05) is 12.6 Å². The third kappa shape index (κ3) is 6.35. The van der Waals surface area contributed by atoms with Crippen LogP contribution in [0.15, 0.2) is 0 Å². The van der Waals surface area contributed by atoms with E-state index in [1.54, 1.807) is 20.8 Å². The van der Waals surface area contributed by atoms with E-state index in [2.05, 4.69) is 10.1 Å². The molecule has 138 valence electrons. The van der Waals surface area contributed by atoms with Gasteiger partial charge in [-0.1, -0.05) is 0 Å². The van der Waals surface area contributed by atoms with Crippen LogP contribution in [0.3, 0.4) is 0 Å². The number of alkyl carbamates (subject to hydrolysis) is 1. The van der Waals surface area contributed by atoms with Crippen LogP contribution in [0.5, 0.6) is 0 Å². The number of methoxy groups -OCH3 is 1. The monoisotopic (exact) mass is 344 g/mol. The molecule has 0 aromatic carbocycles. The molecule has 8 heteroatoms. The molecule has 1 aliphatic heterocycles. The van der Waals surface area contributed by atoms with Gasteiger partial charge < -0.3 is 24.8 Å². The fourth-order valence-electron chi connectivity index (χ4n) is 2.66. The van der Waals surface area contributed by atoms with Crippen molar-refractivity contribution in [1.82, 2.24) is 10.2 Å². The second-order valence-electron chi connectivity index (χ2n) is 6.84. The smallest absolute Gasteiger partial charge is 0.408 e. The van der Waals surface area contributed by atoms with Gasteiger partial charge in [0.25, 0.3) is 0 Å². The van der Waals surface area contributed by atoms with Crippen molar-refractivity contribution in [3.8, 4) is 0 Å². The Balaban J connectivity index is 2.85. The average Bonchev–Trinajstić information content (AvgIpc) is 2.60. The summed E-state index contributed by atoms with van der Waals surface area (Å²) in [4.78, 5) is 37.7. The molecular weight excluding hydrogens is 316 g/mol. The molecule has 0 bridgehead atoms. The van der Waals surface area contributed by atoms with E-state index < -0.39 is 23.7 Å². The fourth-order valence-corrected chi connectivity index (χ4v) is 2.66. The van der Waals surface area contributed by atoms with Gasteiger partial charge in [-0.25, -0.2) is 4.79 Å². The first-order valence-corrected chi connectivity index (χ1v) is 8.15. The molecule has 1 rings (SSSR count). The van der Waals surface area contributed by atoms with Crippen LogP contribution in [0, 0.1) is 0 Å². The number of esters is 1. The van der Waals surface area contributed by atoms with Crippen LogP contribution in [-0.4, -0.2) is 65.9 Å². The summed E-state index contributed by atoms with van der Waals surface area (Å²) in [5.41, 5.74) is -0.664. The highest BCUT2D eigenvalue weighted by molar-refractivity contribution is 5.88. The highest BCUT2D eigenvalue weighted by atomic mass is 16.6. The third-order valence-corrected chi connectivity index (χ3v) is 3.73. The van der Waals surface area contributed by atoms with Gasteiger partial charge in [-0.3, -0.25) is 9.59 Å². The van der Waals surface area contributed by atoms with Crippen LogP contribution < -0.4 is 5.32 Å². The quantitative estimate of drug-likeness (QED) is 0.715. The number of aliphatic hydroxyl groups is 1. The first-order valence-electron chi connectivity index (χ1n) is 8.15. The zero-order valence-electron chi connectivity index (χ0n) is 14.8. The van der Waals surface area contributed by atoms with Crippen LogP contribution in [0.4, 0.5) is 4.79 Å². The SMILES string of the molecule is COC(=O)CN1C(=O)[C@@H](NC(=O)OC(C)(C)C)CCC[C@@H]1CCO. The van der Waals surface area contributed by atoms with Crippen molar-refractivity contribution in [2.45, 2.75) is 64.1 Å². The van der Waals surface area contributed by atoms with Gasteiger partial charge in [0.05, 0.1) is 7.11 Å². The van der Waals surface area contributed by atoms with Gasteiger partial charge in [-0.05, 0) is 46.5 Å². The summed E-state index contributed by atoms with van der Waals surface area (Å²) in [5, 5.41) is 11.8. The van der Waals surface area contributed by atoms with E-state index in [1.165, 1.54) is 12.0 Å². The number of hydrogen-bond acceptors (Lipinski definition) is 6. The molecule has 0 spiro atoms.